The number of ketones is 2. The molecule has 0 aromatic heterocycles. The predicted molar refractivity (Wildman–Crippen MR) is 307 cm³/mol. The normalized spacial score (nSPS) is 14.2. The smallest absolute Gasteiger partial charge is 0.168 e. The average molecular weight is 1080 g/mol. The Morgan fingerprint density at radius 1 is 0.300 bits per heavy atom. The van der Waals surface area contributed by atoms with Gasteiger partial charge in [0.2, 0.25) is 0 Å². The van der Waals surface area contributed by atoms with Gasteiger partial charge < -0.3 is 48.8 Å². The number of hydrogen-bond donors (Lipinski definition) is 4. The fraction of sp³-hybridized carbons (Fsp3) is 0.265. The molecule has 0 amide bonds. The van der Waals surface area contributed by atoms with E-state index in [4.69, 9.17) is 28.4 Å². The van der Waals surface area contributed by atoms with Gasteiger partial charge in [-0.2, -0.15) is 0 Å². The van der Waals surface area contributed by atoms with Crippen LogP contribution in [0.25, 0.3) is 0 Å². The van der Waals surface area contributed by atoms with E-state index < -0.39 is 54.6 Å². The van der Waals surface area contributed by atoms with Crippen LogP contribution >= 0.6 is 0 Å². The molecule has 0 saturated heterocycles. The van der Waals surface area contributed by atoms with E-state index in [-0.39, 0.29) is 58.3 Å². The van der Waals surface area contributed by atoms with Crippen LogP contribution in [0.1, 0.15) is 44.5 Å². The molecule has 0 radical (unpaired) electrons. The second kappa shape index (κ2) is 34.0. The Morgan fingerprint density at radius 2 is 0.562 bits per heavy atom. The van der Waals surface area contributed by atoms with Crippen molar-refractivity contribution in [3.63, 3.8) is 0 Å². The third-order valence-electron chi connectivity index (χ3n) is 13.1. The quantitative estimate of drug-likeness (QED) is 0.0315. The summed E-state index contributed by atoms with van der Waals surface area (Å²) in [7, 11) is 0. The molecule has 0 bridgehead atoms. The molecule has 0 fully saturated rings. The fourth-order valence-electron chi connectivity index (χ4n) is 8.76. The zero-order chi connectivity index (χ0) is 56.0. The van der Waals surface area contributed by atoms with Crippen LogP contribution in [0.3, 0.4) is 0 Å². The molecule has 0 unspecified atom stereocenters. The number of Topliss-reactive ketones (excluding diaryl/α,β-unsaturated/α-hetero) is 2. The maximum absolute atomic E-state index is 13.5. The maximum Gasteiger partial charge on any atom is 0.168 e. The molecular weight excluding hydrogens is 1010 g/mol. The van der Waals surface area contributed by atoms with Crippen molar-refractivity contribution in [1.82, 2.24) is 0 Å². The number of rotatable bonds is 32. The number of benzene rings is 8. The van der Waals surface area contributed by atoms with Crippen molar-refractivity contribution < 1.29 is 58.4 Å². The van der Waals surface area contributed by atoms with Gasteiger partial charge in [0.15, 0.2) is 11.6 Å². The molecule has 8 rings (SSSR count). The summed E-state index contributed by atoms with van der Waals surface area (Å²) in [5.74, 6) is -0.727. The summed E-state index contributed by atoms with van der Waals surface area (Å²) in [6, 6.07) is 75.7. The van der Waals surface area contributed by atoms with Gasteiger partial charge in [-0.25, -0.2) is 0 Å². The standard InChI is InChI=1S/2C34H36O6/c35-30(21-26-13-5-1-6-14-26)33(39-23-28-17-9-3-10-18-28)32(37)34(40-24-29-19-11-4-12-20-29)31(36)25-38-22-27-15-7-2-8-16-27;35-30(21-26-13-5-1-6-14-26)32(37)34(40-24-29-19-11-4-12-20-29)33(39-23-28-17-9-3-10-18-28)31(36)25-38-22-27-15-7-2-8-16-27/h2*1-20,31-34,36-37H,21-25H2/t31-,32-,33+,34+;31-,32+,33+,34-/m11/s1. The first-order valence-corrected chi connectivity index (χ1v) is 26.9. The first-order chi connectivity index (χ1) is 39.2. The summed E-state index contributed by atoms with van der Waals surface area (Å²) in [4.78, 5) is 26.8. The van der Waals surface area contributed by atoms with Crippen LogP contribution in [0.4, 0.5) is 0 Å². The van der Waals surface area contributed by atoms with Crippen molar-refractivity contribution in [2.45, 2.75) is 101 Å². The lowest BCUT2D eigenvalue weighted by Gasteiger charge is -2.33. The van der Waals surface area contributed by atoms with E-state index in [0.29, 0.717) is 13.2 Å². The van der Waals surface area contributed by atoms with E-state index in [0.717, 1.165) is 44.5 Å². The van der Waals surface area contributed by atoms with Gasteiger partial charge in [0.1, 0.15) is 48.8 Å². The third-order valence-corrected chi connectivity index (χ3v) is 13.1. The zero-order valence-electron chi connectivity index (χ0n) is 44.8. The van der Waals surface area contributed by atoms with Crippen LogP contribution in [0.15, 0.2) is 243 Å². The predicted octanol–water partition coefficient (Wildman–Crippen LogP) is 9.82. The molecule has 8 aromatic carbocycles. The second-order valence-corrected chi connectivity index (χ2v) is 19.3. The molecule has 80 heavy (non-hydrogen) atoms. The van der Waals surface area contributed by atoms with Gasteiger partial charge in [0.25, 0.3) is 0 Å². The van der Waals surface area contributed by atoms with Gasteiger partial charge in [-0.05, 0) is 44.5 Å². The van der Waals surface area contributed by atoms with Crippen LogP contribution in [-0.2, 0) is 90.5 Å². The van der Waals surface area contributed by atoms with Crippen LogP contribution in [0.5, 0.6) is 0 Å². The first-order valence-electron chi connectivity index (χ1n) is 26.9. The van der Waals surface area contributed by atoms with Gasteiger partial charge in [-0.1, -0.05) is 243 Å². The highest BCUT2D eigenvalue weighted by atomic mass is 16.6. The summed E-state index contributed by atoms with van der Waals surface area (Å²) in [6.45, 7) is 0.971. The van der Waals surface area contributed by atoms with Crippen LogP contribution in [0, 0.1) is 0 Å². The Labute approximate surface area is 469 Å². The lowest BCUT2D eigenvalue weighted by Crippen LogP contribution is -2.52. The summed E-state index contributed by atoms with van der Waals surface area (Å²) in [5.41, 5.74) is 6.99. The molecule has 12 nitrogen and oxygen atoms in total. The molecule has 0 saturated carbocycles. The monoisotopic (exact) mass is 1080 g/mol. The summed E-state index contributed by atoms with van der Waals surface area (Å²) in [5, 5.41) is 45.4. The Morgan fingerprint density at radius 3 is 0.912 bits per heavy atom. The van der Waals surface area contributed by atoms with Gasteiger partial charge in [-0.3, -0.25) is 9.59 Å². The largest absolute Gasteiger partial charge is 0.388 e. The molecule has 4 N–H and O–H groups in total. The SMILES string of the molecule is O=C(Cc1ccccc1)[C@H](O)[C@@H](OCc1ccccc1)[C@@H](OCc1ccccc1)[C@H](O)COCc1ccccc1.O=C(Cc1ccccc1)[C@H](OCc1ccccc1)[C@@H](O)[C@@H](OCc1ccccc1)[C@H](O)COCc1ccccc1. The first kappa shape index (κ1) is 60.3. The zero-order valence-corrected chi connectivity index (χ0v) is 44.8. The van der Waals surface area contributed by atoms with Gasteiger partial charge in [0.05, 0.1) is 52.9 Å². The molecule has 0 spiro atoms. The topological polar surface area (TPSA) is 170 Å². The van der Waals surface area contributed by atoms with Gasteiger partial charge >= 0.3 is 0 Å². The molecular formula is C68H72O12. The molecule has 416 valence electrons. The molecule has 8 atom stereocenters. The van der Waals surface area contributed by atoms with E-state index >= 15 is 0 Å². The lowest BCUT2D eigenvalue weighted by molar-refractivity contribution is -0.180. The number of hydrogen-bond acceptors (Lipinski definition) is 12. The lowest BCUT2D eigenvalue weighted by atomic mass is 9.96. The van der Waals surface area contributed by atoms with Crippen molar-refractivity contribution in [3.8, 4) is 0 Å². The third kappa shape index (κ3) is 20.7. The summed E-state index contributed by atoms with van der Waals surface area (Å²) < 4.78 is 36.1. The van der Waals surface area contributed by atoms with E-state index in [2.05, 4.69) is 0 Å². The summed E-state index contributed by atoms with van der Waals surface area (Å²) in [6.07, 6.45) is -9.83. The Balaban J connectivity index is 0.000000231. The number of aliphatic hydroxyl groups excluding tert-OH is 4. The molecule has 0 aliphatic rings. The maximum atomic E-state index is 13.5. The number of ether oxygens (including phenoxy) is 6. The van der Waals surface area contributed by atoms with Gasteiger partial charge in [0, 0.05) is 12.8 Å². The van der Waals surface area contributed by atoms with Crippen molar-refractivity contribution in [2.75, 3.05) is 13.2 Å². The average Bonchev–Trinajstić information content (AvgIpc) is 3.50. The highest BCUT2D eigenvalue weighted by Gasteiger charge is 2.40. The van der Waals surface area contributed by atoms with E-state index in [9.17, 15) is 30.0 Å². The fourth-order valence-corrected chi connectivity index (χ4v) is 8.76. The van der Waals surface area contributed by atoms with Crippen molar-refractivity contribution in [2.24, 2.45) is 0 Å². The Hall–Kier alpha value is -7.30. The van der Waals surface area contributed by atoms with E-state index in [1.165, 1.54) is 0 Å². The van der Waals surface area contributed by atoms with Crippen molar-refractivity contribution in [1.29, 1.82) is 0 Å². The van der Waals surface area contributed by atoms with E-state index in [1.54, 1.807) is 0 Å². The van der Waals surface area contributed by atoms with Crippen molar-refractivity contribution in [3.05, 3.63) is 287 Å². The van der Waals surface area contributed by atoms with Crippen LogP contribution in [-0.4, -0.2) is 94.0 Å². The van der Waals surface area contributed by atoms with E-state index in [1.807, 2.05) is 243 Å². The van der Waals surface area contributed by atoms with Crippen molar-refractivity contribution >= 4 is 11.6 Å². The van der Waals surface area contributed by atoms with Crippen LogP contribution in [0.2, 0.25) is 0 Å². The number of aliphatic hydroxyl groups is 4. The Bertz CT molecular complexity index is 2910. The Kier molecular flexibility index (Phi) is 25.6. The molecule has 8 aromatic rings. The number of carbonyl (C=O) groups is 2. The van der Waals surface area contributed by atoms with Gasteiger partial charge in [-0.15, -0.1) is 0 Å². The minimum absolute atomic E-state index is 0.0270. The minimum atomic E-state index is -1.53. The highest BCUT2D eigenvalue weighted by Crippen LogP contribution is 2.23. The molecule has 0 aliphatic carbocycles. The molecule has 12 heteroatoms. The van der Waals surface area contributed by atoms with Crippen LogP contribution < -0.4 is 0 Å². The molecule has 0 aliphatic heterocycles. The second-order valence-electron chi connectivity index (χ2n) is 19.3. The number of carbonyl (C=O) groups excluding carboxylic acids is 2. The highest BCUT2D eigenvalue weighted by molar-refractivity contribution is 5.86. The molecule has 0 heterocycles. The summed E-state index contributed by atoms with van der Waals surface area (Å²) >= 11 is 0. The minimum Gasteiger partial charge on any atom is -0.388 e.